The number of nitrogens with zero attached hydrogens (tertiary/aromatic N) is 4. The van der Waals surface area contributed by atoms with Crippen molar-refractivity contribution in [2.24, 2.45) is 0 Å². The topological polar surface area (TPSA) is 90.9 Å². The van der Waals surface area contributed by atoms with Gasteiger partial charge >= 0.3 is 0 Å². The molecule has 2 aliphatic heterocycles. The number of piperidine rings is 2. The minimum Gasteiger partial charge on any atom is -0.399 e. The van der Waals surface area contributed by atoms with Crippen molar-refractivity contribution in [1.82, 2.24) is 15.1 Å². The van der Waals surface area contributed by atoms with Gasteiger partial charge in [0.25, 0.3) is 5.69 Å². The fourth-order valence-corrected chi connectivity index (χ4v) is 4.32. The van der Waals surface area contributed by atoms with Crippen molar-refractivity contribution in [3.05, 3.63) is 64.0 Å². The fourth-order valence-electron chi connectivity index (χ4n) is 4.32. The van der Waals surface area contributed by atoms with Gasteiger partial charge in [-0.25, -0.2) is 13.2 Å². The van der Waals surface area contributed by atoms with Crippen LogP contribution in [-0.2, 0) is 0 Å². The van der Waals surface area contributed by atoms with E-state index in [9.17, 15) is 23.3 Å². The quantitative estimate of drug-likeness (QED) is 0.353. The molecule has 2 saturated heterocycles. The molecule has 0 radical (unpaired) electrons. The second-order valence-corrected chi connectivity index (χ2v) is 9.69. The number of nitrogens with two attached hydrogens (primary N) is 1. The van der Waals surface area contributed by atoms with Crippen molar-refractivity contribution < 1.29 is 18.1 Å². The molecule has 2 fully saturated rings. The minimum atomic E-state index is -1.21. The molecule has 11 heteroatoms. The zero-order valence-corrected chi connectivity index (χ0v) is 22.1. The Morgan fingerprint density at radius 1 is 0.865 bits per heavy atom. The average Bonchev–Trinajstić information content (AvgIpc) is 2.87. The van der Waals surface area contributed by atoms with Gasteiger partial charge in [0.1, 0.15) is 5.82 Å². The molecule has 4 rings (SSSR count). The first-order chi connectivity index (χ1) is 17.5. The fraction of sp³-hybridized carbons (Fsp3) is 0.538. The van der Waals surface area contributed by atoms with E-state index in [0.717, 1.165) is 38.0 Å². The lowest BCUT2D eigenvalue weighted by molar-refractivity contribution is -0.385. The van der Waals surface area contributed by atoms with Crippen molar-refractivity contribution >= 4 is 17.1 Å². The first-order valence-corrected chi connectivity index (χ1v) is 12.4. The maximum Gasteiger partial charge on any atom is 0.272 e. The Morgan fingerprint density at radius 3 is 1.89 bits per heavy atom. The third kappa shape index (κ3) is 9.83. The van der Waals surface area contributed by atoms with Crippen molar-refractivity contribution in [2.45, 2.75) is 37.8 Å². The summed E-state index contributed by atoms with van der Waals surface area (Å²) in [7, 11) is 8.53. The van der Waals surface area contributed by atoms with E-state index >= 15 is 0 Å². The normalized spacial score (nSPS) is 16.6. The summed E-state index contributed by atoms with van der Waals surface area (Å²) < 4.78 is 38.2. The number of nitro benzene ring substituents is 1. The molecule has 2 aliphatic rings. The molecule has 0 amide bonds. The smallest absolute Gasteiger partial charge is 0.272 e. The predicted octanol–water partition coefficient (Wildman–Crippen LogP) is 4.11. The number of hydrogen-bond acceptors (Lipinski definition) is 7. The van der Waals surface area contributed by atoms with Crippen LogP contribution in [-0.4, -0.2) is 81.2 Å². The molecule has 206 valence electrons. The number of nitro groups is 1. The summed E-state index contributed by atoms with van der Waals surface area (Å²) in [5, 5.41) is 13.3. The van der Waals surface area contributed by atoms with E-state index in [4.69, 9.17) is 5.73 Å². The second kappa shape index (κ2) is 14.7. The van der Waals surface area contributed by atoms with Gasteiger partial charge in [0.05, 0.1) is 16.7 Å². The monoisotopic (exact) mass is 524 g/mol. The first kappa shape index (κ1) is 30.3. The number of rotatable bonds is 4. The van der Waals surface area contributed by atoms with E-state index in [1.165, 1.54) is 32.0 Å². The van der Waals surface area contributed by atoms with Gasteiger partial charge in [-0.15, -0.1) is 0 Å². The molecule has 0 bridgehead atoms. The molecule has 3 N–H and O–H groups in total. The molecule has 0 unspecified atom stereocenters. The van der Waals surface area contributed by atoms with E-state index in [1.54, 1.807) is 12.1 Å². The van der Waals surface area contributed by atoms with Gasteiger partial charge < -0.3 is 25.8 Å². The van der Waals surface area contributed by atoms with Crippen LogP contribution in [0.1, 0.15) is 25.7 Å². The molecule has 0 aliphatic carbocycles. The maximum absolute atomic E-state index is 13.8. The van der Waals surface area contributed by atoms with Crippen LogP contribution in [0, 0.1) is 27.6 Å². The van der Waals surface area contributed by atoms with Crippen LogP contribution in [0.2, 0.25) is 0 Å². The highest BCUT2D eigenvalue weighted by Gasteiger charge is 2.22. The molecule has 2 aromatic carbocycles. The number of nitrogen functional groups attached to an aromatic ring is 1. The van der Waals surface area contributed by atoms with Gasteiger partial charge in [-0.05, 0) is 91.2 Å². The zero-order valence-electron chi connectivity index (χ0n) is 22.1. The summed E-state index contributed by atoms with van der Waals surface area (Å²) in [5.74, 6) is -2.51. The number of hydrogen-bond donors (Lipinski definition) is 2. The number of halogens is 3. The van der Waals surface area contributed by atoms with E-state index in [-0.39, 0.29) is 5.82 Å². The van der Waals surface area contributed by atoms with Gasteiger partial charge in [-0.3, -0.25) is 10.1 Å². The zero-order chi connectivity index (χ0) is 27.5. The Labute approximate surface area is 217 Å². The van der Waals surface area contributed by atoms with Crippen LogP contribution in [0.15, 0.2) is 36.4 Å². The molecule has 8 nitrogen and oxygen atoms in total. The number of nitrogens with one attached hydrogen (secondary N) is 1. The second-order valence-electron chi connectivity index (χ2n) is 9.69. The molecule has 0 saturated carbocycles. The van der Waals surface area contributed by atoms with Crippen molar-refractivity contribution in [2.75, 3.05) is 65.0 Å². The molecule has 2 heterocycles. The lowest BCUT2D eigenvalue weighted by Crippen LogP contribution is -2.42. The summed E-state index contributed by atoms with van der Waals surface area (Å²) in [6.45, 7) is 4.21. The number of anilines is 2. The van der Waals surface area contributed by atoms with Crippen molar-refractivity contribution in [1.29, 1.82) is 0 Å². The van der Waals surface area contributed by atoms with Crippen molar-refractivity contribution in [3.63, 3.8) is 0 Å². The molecule has 0 atom stereocenters. The Balaban J connectivity index is 0.000000208. The van der Waals surface area contributed by atoms with Crippen LogP contribution in [0.5, 0.6) is 0 Å². The average molecular weight is 525 g/mol. The number of benzene rings is 2. The highest BCUT2D eigenvalue weighted by atomic mass is 19.2. The summed E-state index contributed by atoms with van der Waals surface area (Å²) >= 11 is 0. The Morgan fingerprint density at radius 2 is 1.43 bits per heavy atom. The van der Waals surface area contributed by atoms with E-state index < -0.39 is 22.2 Å². The van der Waals surface area contributed by atoms with Gasteiger partial charge in [0, 0.05) is 36.9 Å². The molecular weight excluding hydrogens is 485 g/mol. The van der Waals surface area contributed by atoms with Crippen molar-refractivity contribution in [3.8, 4) is 0 Å². The van der Waals surface area contributed by atoms with Crippen LogP contribution in [0.4, 0.5) is 30.2 Å². The Bertz CT molecular complexity index is 994. The first-order valence-electron chi connectivity index (χ1n) is 12.4. The lowest BCUT2D eigenvalue weighted by atomic mass is 10.0. The largest absolute Gasteiger partial charge is 0.399 e. The van der Waals surface area contributed by atoms with E-state index in [0.29, 0.717) is 29.5 Å². The molecular formula is C26H39F3N6O2. The van der Waals surface area contributed by atoms with Gasteiger partial charge in [-0.1, -0.05) is 0 Å². The van der Waals surface area contributed by atoms with Crippen LogP contribution in [0.25, 0.3) is 0 Å². The number of non-ortho nitro benzene ring substituents is 1. The van der Waals surface area contributed by atoms with Gasteiger partial charge in [0.15, 0.2) is 11.6 Å². The van der Waals surface area contributed by atoms with E-state index in [1.807, 2.05) is 0 Å². The summed E-state index contributed by atoms with van der Waals surface area (Å²) in [6.07, 6.45) is 4.79. The molecule has 0 spiro atoms. The van der Waals surface area contributed by atoms with E-state index in [2.05, 4.69) is 48.2 Å². The molecule has 37 heavy (non-hydrogen) atoms. The molecule has 2 aromatic rings. The highest BCUT2D eigenvalue weighted by molar-refractivity contribution is 5.54. The maximum atomic E-state index is 13.8. The SMILES string of the molecule is CN(C)C1CCN(c2ccc(N)cc2F)CC1.CN(C)C1CCNCC1.O=[N+]([O-])c1ccc(F)c(F)c1. The molecule has 0 aromatic heterocycles. The summed E-state index contributed by atoms with van der Waals surface area (Å²) in [6, 6.07) is 8.53. The Hall–Kier alpha value is -2.89. The van der Waals surface area contributed by atoms with Crippen LogP contribution < -0.4 is 16.0 Å². The Kier molecular flexibility index (Phi) is 12.1. The minimum absolute atomic E-state index is 0.215. The lowest BCUT2D eigenvalue weighted by Gasteiger charge is -2.36. The predicted molar refractivity (Wildman–Crippen MR) is 142 cm³/mol. The summed E-state index contributed by atoms with van der Waals surface area (Å²) in [4.78, 5) is 15.9. The highest BCUT2D eigenvalue weighted by Crippen LogP contribution is 2.25. The third-order valence-electron chi connectivity index (χ3n) is 6.66. The van der Waals surface area contributed by atoms with Crippen LogP contribution >= 0.6 is 0 Å². The third-order valence-corrected chi connectivity index (χ3v) is 6.66. The van der Waals surface area contributed by atoms with Crippen LogP contribution in [0.3, 0.4) is 0 Å². The van der Waals surface area contributed by atoms with Gasteiger partial charge in [0.2, 0.25) is 0 Å². The summed E-state index contributed by atoms with van der Waals surface area (Å²) in [5.41, 5.74) is 6.26. The van der Waals surface area contributed by atoms with Gasteiger partial charge in [-0.2, -0.15) is 0 Å². The standard InChI is InChI=1S/C13H20FN3.C7H16N2.C6H3F2NO2/c1-16(2)11-5-7-17(8-6-11)13-4-3-10(15)9-12(13)14;1-9(2)7-3-5-8-6-4-7;7-5-2-1-4(9(10)11)3-6(5)8/h3-4,9,11H,5-8,15H2,1-2H3;7-8H,3-6H2,1-2H3;1-3H.